The van der Waals surface area contributed by atoms with Crippen LogP contribution in [0.25, 0.3) is 10.9 Å². The summed E-state index contributed by atoms with van der Waals surface area (Å²) in [6.07, 6.45) is 0. The summed E-state index contributed by atoms with van der Waals surface area (Å²) >= 11 is 0. The Balaban J connectivity index is 1.98. The smallest absolute Gasteiger partial charge is 0.275 e. The van der Waals surface area contributed by atoms with E-state index in [0.29, 0.717) is 16.6 Å². The number of anilines is 1. The molecule has 0 saturated carbocycles. The van der Waals surface area contributed by atoms with Gasteiger partial charge < -0.3 is 10.6 Å². The summed E-state index contributed by atoms with van der Waals surface area (Å²) in [6, 6.07) is 5.02. The van der Waals surface area contributed by atoms with Gasteiger partial charge in [-0.25, -0.2) is 0 Å². The van der Waals surface area contributed by atoms with Crippen LogP contribution in [-0.4, -0.2) is 45.9 Å². The number of amides is 3. The zero-order chi connectivity index (χ0) is 14.3. The van der Waals surface area contributed by atoms with E-state index >= 15 is 0 Å². The van der Waals surface area contributed by atoms with Crippen LogP contribution >= 0.6 is 0 Å². The Morgan fingerprint density at radius 1 is 1.25 bits per heavy atom. The van der Waals surface area contributed by atoms with Gasteiger partial charge in [0.2, 0.25) is 11.8 Å². The molecule has 4 N–H and O–H groups in total. The van der Waals surface area contributed by atoms with E-state index in [1.807, 2.05) is 0 Å². The zero-order valence-corrected chi connectivity index (χ0v) is 10.3. The van der Waals surface area contributed by atoms with Crippen molar-refractivity contribution < 1.29 is 14.4 Å². The Bertz CT molecular complexity index is 720. The Morgan fingerprint density at radius 2 is 1.95 bits per heavy atom. The second-order valence-corrected chi connectivity index (χ2v) is 4.51. The fourth-order valence-corrected chi connectivity index (χ4v) is 2.13. The van der Waals surface area contributed by atoms with Gasteiger partial charge in [0.15, 0.2) is 5.69 Å². The van der Waals surface area contributed by atoms with Gasteiger partial charge in [-0.05, 0) is 18.2 Å². The Morgan fingerprint density at radius 3 is 2.65 bits per heavy atom. The molecule has 3 amide bonds. The molecule has 1 aromatic carbocycles. The molecule has 20 heavy (non-hydrogen) atoms. The first kappa shape index (κ1) is 12.2. The summed E-state index contributed by atoms with van der Waals surface area (Å²) in [5, 5.41) is 9.37. The maximum atomic E-state index is 12.3. The highest BCUT2D eigenvalue weighted by molar-refractivity contribution is 6.09. The van der Waals surface area contributed by atoms with E-state index in [0.717, 1.165) is 4.90 Å². The summed E-state index contributed by atoms with van der Waals surface area (Å²) < 4.78 is 0. The molecule has 0 radical (unpaired) electrons. The molecule has 2 aromatic rings. The number of benzene rings is 1. The van der Waals surface area contributed by atoms with Gasteiger partial charge in [0, 0.05) is 11.1 Å². The molecule has 8 heteroatoms. The van der Waals surface area contributed by atoms with Crippen molar-refractivity contribution >= 4 is 34.3 Å². The molecule has 0 atom stereocenters. The highest BCUT2D eigenvalue weighted by Gasteiger charge is 2.29. The van der Waals surface area contributed by atoms with Crippen LogP contribution in [-0.2, 0) is 9.59 Å². The van der Waals surface area contributed by atoms with Crippen LogP contribution in [0.5, 0.6) is 0 Å². The first-order chi connectivity index (χ1) is 9.54. The van der Waals surface area contributed by atoms with Crippen molar-refractivity contribution in [2.24, 2.45) is 0 Å². The molecule has 1 aliphatic rings. The van der Waals surface area contributed by atoms with Crippen molar-refractivity contribution in [2.75, 3.05) is 18.8 Å². The summed E-state index contributed by atoms with van der Waals surface area (Å²) in [5.41, 5.74) is 7.00. The minimum Gasteiger partial charge on any atom is -0.399 e. The van der Waals surface area contributed by atoms with Crippen molar-refractivity contribution in [3.63, 3.8) is 0 Å². The summed E-state index contributed by atoms with van der Waals surface area (Å²) in [4.78, 5) is 36.1. The summed E-state index contributed by atoms with van der Waals surface area (Å²) in [7, 11) is 0. The third-order valence-corrected chi connectivity index (χ3v) is 3.02. The number of fused-ring (bicyclic) bond motifs is 1. The Kier molecular flexibility index (Phi) is 2.63. The van der Waals surface area contributed by atoms with E-state index in [2.05, 4.69) is 15.5 Å². The van der Waals surface area contributed by atoms with Crippen molar-refractivity contribution in [3.05, 3.63) is 23.9 Å². The number of imide groups is 1. The number of H-pyrrole nitrogens is 1. The standard InChI is InChI=1S/C12H11N5O3/c13-6-1-2-8-7(3-6)11(16-15-8)12(20)17-4-9(18)14-10(19)5-17/h1-3H,4-5,13H2,(H,15,16)(H,14,18,19). The first-order valence-electron chi connectivity index (χ1n) is 5.90. The number of aromatic nitrogens is 2. The minimum absolute atomic E-state index is 0.148. The van der Waals surface area contributed by atoms with Crippen LogP contribution < -0.4 is 11.1 Å². The molecule has 0 unspecified atom stereocenters. The lowest BCUT2D eigenvalue weighted by molar-refractivity contribution is -0.135. The van der Waals surface area contributed by atoms with Gasteiger partial charge in [0.25, 0.3) is 5.91 Å². The number of aromatic amines is 1. The average Bonchev–Trinajstić information content (AvgIpc) is 2.79. The van der Waals surface area contributed by atoms with Crippen LogP contribution in [0.4, 0.5) is 5.69 Å². The summed E-state index contributed by atoms with van der Waals surface area (Å²) in [5.74, 6) is -1.49. The molecule has 1 aliphatic heterocycles. The number of carbonyl (C=O) groups is 3. The molecular weight excluding hydrogens is 262 g/mol. The lowest BCUT2D eigenvalue weighted by atomic mass is 10.1. The van der Waals surface area contributed by atoms with Crippen molar-refractivity contribution in [2.45, 2.75) is 0 Å². The van der Waals surface area contributed by atoms with E-state index < -0.39 is 17.7 Å². The van der Waals surface area contributed by atoms with Crippen LogP contribution in [0.3, 0.4) is 0 Å². The third-order valence-electron chi connectivity index (χ3n) is 3.02. The van der Waals surface area contributed by atoms with E-state index in [4.69, 9.17) is 5.73 Å². The topological polar surface area (TPSA) is 121 Å². The predicted molar refractivity (Wildman–Crippen MR) is 69.6 cm³/mol. The van der Waals surface area contributed by atoms with Crippen molar-refractivity contribution in [1.29, 1.82) is 0 Å². The second-order valence-electron chi connectivity index (χ2n) is 4.51. The highest BCUT2D eigenvalue weighted by atomic mass is 16.2. The van der Waals surface area contributed by atoms with Crippen molar-refractivity contribution in [3.8, 4) is 0 Å². The van der Waals surface area contributed by atoms with Crippen LogP contribution in [0.1, 0.15) is 10.5 Å². The van der Waals surface area contributed by atoms with Gasteiger partial charge in [0.05, 0.1) is 5.52 Å². The summed E-state index contributed by atoms with van der Waals surface area (Å²) in [6.45, 7) is -0.331. The maximum Gasteiger partial charge on any atom is 0.275 e. The molecule has 0 bridgehead atoms. The van der Waals surface area contributed by atoms with Crippen molar-refractivity contribution in [1.82, 2.24) is 20.4 Å². The van der Waals surface area contributed by atoms with E-state index in [1.165, 1.54) is 0 Å². The number of nitrogens with two attached hydrogens (primary N) is 1. The largest absolute Gasteiger partial charge is 0.399 e. The predicted octanol–water partition coefficient (Wildman–Crippen LogP) is -0.756. The SMILES string of the molecule is Nc1ccc2[nH]nc(C(=O)N3CC(=O)NC(=O)C3)c2c1. The number of carbonyl (C=O) groups excluding carboxylic acids is 3. The number of hydrogen-bond donors (Lipinski definition) is 3. The molecule has 2 heterocycles. The normalized spacial score (nSPS) is 15.5. The first-order valence-corrected chi connectivity index (χ1v) is 5.90. The molecule has 8 nitrogen and oxygen atoms in total. The number of hydrogen-bond acceptors (Lipinski definition) is 5. The lowest BCUT2D eigenvalue weighted by Crippen LogP contribution is -2.53. The Hall–Kier alpha value is -2.90. The van der Waals surface area contributed by atoms with Crippen LogP contribution in [0.15, 0.2) is 18.2 Å². The number of nitrogens with one attached hydrogen (secondary N) is 2. The number of rotatable bonds is 1. The third kappa shape index (κ3) is 1.96. The molecule has 3 rings (SSSR count). The van der Waals surface area contributed by atoms with Gasteiger partial charge in [-0.2, -0.15) is 5.10 Å². The number of nitrogen functional groups attached to an aromatic ring is 1. The van der Waals surface area contributed by atoms with Crippen LogP contribution in [0.2, 0.25) is 0 Å². The lowest BCUT2D eigenvalue weighted by Gasteiger charge is -2.24. The Labute approximate surface area is 112 Å². The minimum atomic E-state index is -0.506. The van der Waals surface area contributed by atoms with Gasteiger partial charge in [-0.1, -0.05) is 0 Å². The molecule has 0 aliphatic carbocycles. The van der Waals surface area contributed by atoms with E-state index in [-0.39, 0.29) is 18.8 Å². The number of nitrogens with zero attached hydrogens (tertiary/aromatic N) is 2. The molecule has 1 saturated heterocycles. The molecule has 102 valence electrons. The van der Waals surface area contributed by atoms with Gasteiger partial charge in [-0.3, -0.25) is 24.8 Å². The average molecular weight is 273 g/mol. The monoisotopic (exact) mass is 273 g/mol. The molecular formula is C12H11N5O3. The fourth-order valence-electron chi connectivity index (χ4n) is 2.13. The van der Waals surface area contributed by atoms with E-state index in [9.17, 15) is 14.4 Å². The quantitative estimate of drug-likeness (QED) is 0.466. The second kappa shape index (κ2) is 4.34. The van der Waals surface area contributed by atoms with Crippen LogP contribution in [0, 0.1) is 0 Å². The zero-order valence-electron chi connectivity index (χ0n) is 10.3. The van der Waals surface area contributed by atoms with Gasteiger partial charge in [0.1, 0.15) is 13.1 Å². The van der Waals surface area contributed by atoms with Gasteiger partial charge >= 0.3 is 0 Å². The molecule has 0 spiro atoms. The molecule has 1 fully saturated rings. The van der Waals surface area contributed by atoms with Gasteiger partial charge in [-0.15, -0.1) is 0 Å². The number of piperazine rings is 1. The van der Waals surface area contributed by atoms with E-state index in [1.54, 1.807) is 18.2 Å². The molecule has 1 aromatic heterocycles. The highest BCUT2D eigenvalue weighted by Crippen LogP contribution is 2.20. The fraction of sp³-hybridized carbons (Fsp3) is 0.167. The maximum absolute atomic E-state index is 12.3.